The fraction of sp³-hybridized carbons (Fsp3) is 0.750. The molecule has 0 bridgehead atoms. The zero-order chi connectivity index (χ0) is 10.3. The van der Waals surface area contributed by atoms with Gasteiger partial charge in [-0.3, -0.25) is 9.63 Å². The number of carboxylic acid groups (broad SMARTS) is 1. The van der Waals surface area contributed by atoms with Gasteiger partial charge >= 0.3 is 5.97 Å². The quantitative estimate of drug-likeness (QED) is 0.598. The molecule has 0 aliphatic rings. The minimum atomic E-state index is -1.11. The number of carboxylic acids is 1. The van der Waals surface area contributed by atoms with Gasteiger partial charge in [-0.25, -0.2) is 10.3 Å². The number of hydrogen-bond acceptors (Lipinski definition) is 3. The Hall–Kier alpha value is -1.10. The predicted octanol–water partition coefficient (Wildman–Crippen LogP) is 0.555. The van der Waals surface area contributed by atoms with Crippen LogP contribution < -0.4 is 5.48 Å². The third-order valence-electron chi connectivity index (χ3n) is 1.33. The van der Waals surface area contributed by atoms with Gasteiger partial charge in [0.15, 0.2) is 6.61 Å². The van der Waals surface area contributed by atoms with Crippen molar-refractivity contribution in [2.24, 2.45) is 5.92 Å². The highest BCUT2D eigenvalue weighted by molar-refractivity contribution is 5.75. The van der Waals surface area contributed by atoms with E-state index in [9.17, 15) is 9.59 Å². The first-order chi connectivity index (χ1) is 6.02. The van der Waals surface area contributed by atoms with E-state index in [0.29, 0.717) is 12.3 Å². The number of carbonyl (C=O) groups excluding carboxylic acids is 1. The molecule has 0 rings (SSSR count). The first-order valence-corrected chi connectivity index (χ1v) is 4.14. The van der Waals surface area contributed by atoms with E-state index in [4.69, 9.17) is 5.11 Å². The summed E-state index contributed by atoms with van der Waals surface area (Å²) in [5.74, 6) is -0.940. The summed E-state index contributed by atoms with van der Waals surface area (Å²) in [4.78, 5) is 25.3. The van der Waals surface area contributed by atoms with Crippen molar-refractivity contribution in [1.82, 2.24) is 5.48 Å². The van der Waals surface area contributed by atoms with E-state index in [0.717, 1.165) is 6.42 Å². The Morgan fingerprint density at radius 1 is 1.46 bits per heavy atom. The van der Waals surface area contributed by atoms with E-state index in [1.807, 2.05) is 19.3 Å². The average Bonchev–Trinajstić information content (AvgIpc) is 2.00. The number of amides is 1. The van der Waals surface area contributed by atoms with Crippen LogP contribution in [-0.2, 0) is 14.4 Å². The van der Waals surface area contributed by atoms with Crippen molar-refractivity contribution >= 4 is 11.9 Å². The standard InChI is InChI=1S/C8H15NO4/c1-6(2)3-4-7(10)9-13-5-8(11)12/h6H,3-5H2,1-2H3,(H,9,10)(H,11,12). The molecule has 0 saturated carbocycles. The second-order valence-corrected chi connectivity index (χ2v) is 3.14. The lowest BCUT2D eigenvalue weighted by Gasteiger charge is -2.05. The van der Waals surface area contributed by atoms with Gasteiger partial charge in [0.2, 0.25) is 5.91 Å². The zero-order valence-electron chi connectivity index (χ0n) is 7.87. The van der Waals surface area contributed by atoms with Gasteiger partial charge in [0.25, 0.3) is 0 Å². The zero-order valence-corrected chi connectivity index (χ0v) is 7.87. The summed E-state index contributed by atoms with van der Waals surface area (Å²) < 4.78 is 0. The molecule has 0 aromatic heterocycles. The van der Waals surface area contributed by atoms with Crippen molar-refractivity contribution in [3.05, 3.63) is 0 Å². The van der Waals surface area contributed by atoms with Crippen LogP contribution >= 0.6 is 0 Å². The Kier molecular flexibility index (Phi) is 5.88. The van der Waals surface area contributed by atoms with Gasteiger partial charge in [0, 0.05) is 6.42 Å². The summed E-state index contributed by atoms with van der Waals surface area (Å²) in [5.41, 5.74) is 2.05. The van der Waals surface area contributed by atoms with Crippen LogP contribution in [0.5, 0.6) is 0 Å². The molecular formula is C8H15NO4. The van der Waals surface area contributed by atoms with Crippen LogP contribution in [0, 0.1) is 5.92 Å². The fourth-order valence-electron chi connectivity index (χ4n) is 0.649. The molecule has 0 saturated heterocycles. The maximum absolute atomic E-state index is 10.9. The molecule has 5 heteroatoms. The van der Waals surface area contributed by atoms with E-state index < -0.39 is 12.6 Å². The Labute approximate surface area is 77.0 Å². The number of carbonyl (C=O) groups is 2. The Bertz CT molecular complexity index is 179. The molecule has 0 aliphatic heterocycles. The van der Waals surface area contributed by atoms with Crippen LogP contribution in [0.4, 0.5) is 0 Å². The summed E-state index contributed by atoms with van der Waals surface area (Å²) in [6.45, 7) is 3.50. The van der Waals surface area contributed by atoms with E-state index >= 15 is 0 Å². The lowest BCUT2D eigenvalue weighted by molar-refractivity contribution is -0.149. The van der Waals surface area contributed by atoms with Crippen molar-refractivity contribution in [2.45, 2.75) is 26.7 Å². The van der Waals surface area contributed by atoms with Gasteiger partial charge in [-0.15, -0.1) is 0 Å². The van der Waals surface area contributed by atoms with E-state index in [1.165, 1.54) is 0 Å². The van der Waals surface area contributed by atoms with Crippen molar-refractivity contribution < 1.29 is 19.5 Å². The van der Waals surface area contributed by atoms with Gasteiger partial charge in [0.1, 0.15) is 0 Å². The number of rotatable bonds is 6. The third kappa shape index (κ3) is 8.81. The summed E-state index contributed by atoms with van der Waals surface area (Å²) in [6.07, 6.45) is 1.12. The van der Waals surface area contributed by atoms with E-state index in [-0.39, 0.29) is 5.91 Å². The highest BCUT2D eigenvalue weighted by atomic mass is 16.7. The number of nitrogens with one attached hydrogen (secondary N) is 1. The Morgan fingerprint density at radius 3 is 2.54 bits per heavy atom. The predicted molar refractivity (Wildman–Crippen MR) is 45.8 cm³/mol. The second-order valence-electron chi connectivity index (χ2n) is 3.14. The van der Waals surface area contributed by atoms with Crippen LogP contribution in [0.2, 0.25) is 0 Å². The highest BCUT2D eigenvalue weighted by Gasteiger charge is 2.04. The monoisotopic (exact) mass is 189 g/mol. The topological polar surface area (TPSA) is 75.6 Å². The van der Waals surface area contributed by atoms with E-state index in [2.05, 4.69) is 4.84 Å². The lowest BCUT2D eigenvalue weighted by Crippen LogP contribution is -2.26. The number of hydroxylamine groups is 1. The lowest BCUT2D eigenvalue weighted by atomic mass is 10.1. The van der Waals surface area contributed by atoms with Crippen molar-refractivity contribution in [3.8, 4) is 0 Å². The molecule has 1 amide bonds. The molecule has 0 aromatic carbocycles. The molecule has 0 unspecified atom stereocenters. The smallest absolute Gasteiger partial charge is 0.332 e. The Morgan fingerprint density at radius 2 is 2.08 bits per heavy atom. The van der Waals surface area contributed by atoms with Gasteiger partial charge in [-0.1, -0.05) is 13.8 Å². The largest absolute Gasteiger partial charge is 0.479 e. The highest BCUT2D eigenvalue weighted by Crippen LogP contribution is 2.02. The maximum Gasteiger partial charge on any atom is 0.332 e. The van der Waals surface area contributed by atoms with Crippen LogP contribution in [0.1, 0.15) is 26.7 Å². The van der Waals surface area contributed by atoms with Crippen LogP contribution in [0.3, 0.4) is 0 Å². The molecule has 0 radical (unpaired) electrons. The average molecular weight is 189 g/mol. The normalized spacial score (nSPS) is 10.1. The number of hydrogen-bond donors (Lipinski definition) is 2. The van der Waals surface area contributed by atoms with Crippen LogP contribution in [0.25, 0.3) is 0 Å². The summed E-state index contributed by atoms with van der Waals surface area (Å²) in [6, 6.07) is 0. The van der Waals surface area contributed by atoms with Gasteiger partial charge in [-0.2, -0.15) is 0 Å². The molecule has 0 fully saturated rings. The minimum absolute atomic E-state index is 0.282. The van der Waals surface area contributed by atoms with Gasteiger partial charge in [0.05, 0.1) is 0 Å². The van der Waals surface area contributed by atoms with Crippen LogP contribution in [-0.4, -0.2) is 23.6 Å². The third-order valence-corrected chi connectivity index (χ3v) is 1.33. The molecule has 5 nitrogen and oxygen atoms in total. The molecule has 0 heterocycles. The van der Waals surface area contributed by atoms with Crippen molar-refractivity contribution in [2.75, 3.05) is 6.61 Å². The molecule has 76 valence electrons. The second kappa shape index (κ2) is 6.42. The molecule has 0 aromatic rings. The summed E-state index contributed by atoms with van der Waals surface area (Å²) in [5, 5.41) is 8.17. The molecule has 0 spiro atoms. The molecule has 0 atom stereocenters. The van der Waals surface area contributed by atoms with E-state index in [1.54, 1.807) is 0 Å². The molecule has 2 N–H and O–H groups in total. The minimum Gasteiger partial charge on any atom is -0.479 e. The SMILES string of the molecule is CC(C)CCC(=O)NOCC(=O)O. The summed E-state index contributed by atoms with van der Waals surface area (Å²) in [7, 11) is 0. The number of aliphatic carboxylic acids is 1. The Balaban J connectivity index is 3.35. The maximum atomic E-state index is 10.9. The first-order valence-electron chi connectivity index (χ1n) is 4.14. The van der Waals surface area contributed by atoms with Gasteiger partial charge in [-0.05, 0) is 12.3 Å². The summed E-state index contributed by atoms with van der Waals surface area (Å²) >= 11 is 0. The fourth-order valence-corrected chi connectivity index (χ4v) is 0.649. The molecular weight excluding hydrogens is 174 g/mol. The van der Waals surface area contributed by atoms with Crippen LogP contribution in [0.15, 0.2) is 0 Å². The first kappa shape index (κ1) is 11.9. The van der Waals surface area contributed by atoms with Crippen molar-refractivity contribution in [3.63, 3.8) is 0 Å². The molecule has 13 heavy (non-hydrogen) atoms. The molecule has 0 aliphatic carbocycles. The van der Waals surface area contributed by atoms with Crippen molar-refractivity contribution in [1.29, 1.82) is 0 Å². The van der Waals surface area contributed by atoms with Gasteiger partial charge < -0.3 is 5.11 Å².